The van der Waals surface area contributed by atoms with Crippen LogP contribution in [0.3, 0.4) is 0 Å². The van der Waals surface area contributed by atoms with Gasteiger partial charge in [-0.05, 0) is 19.8 Å². The number of aliphatic imine (C=N–C) groups is 1. The molecule has 0 N–H and O–H groups in total. The second-order valence-electron chi connectivity index (χ2n) is 4.92. The molecular formula is C15H19NO4. The van der Waals surface area contributed by atoms with Gasteiger partial charge in [0.2, 0.25) is 0 Å². The van der Waals surface area contributed by atoms with Crippen molar-refractivity contribution in [3.05, 3.63) is 12.3 Å². The minimum atomic E-state index is -0.256. The molecule has 0 saturated heterocycles. The van der Waals surface area contributed by atoms with E-state index >= 15 is 0 Å². The Morgan fingerprint density at radius 3 is 2.30 bits per heavy atom. The summed E-state index contributed by atoms with van der Waals surface area (Å²) < 4.78 is 0. The lowest BCUT2D eigenvalue weighted by atomic mass is 9.86. The van der Waals surface area contributed by atoms with Crippen molar-refractivity contribution in [2.45, 2.75) is 46.0 Å². The fourth-order valence-electron chi connectivity index (χ4n) is 2.16. The van der Waals surface area contributed by atoms with Crippen molar-refractivity contribution in [2.75, 3.05) is 0 Å². The molecule has 1 atom stereocenters. The zero-order chi connectivity index (χ0) is 15.1. The summed E-state index contributed by atoms with van der Waals surface area (Å²) in [5.74, 6) is -0.499. The number of carbonyl (C=O) groups excluding carboxylic acids is 4. The molecule has 0 bridgehead atoms. The van der Waals surface area contributed by atoms with Crippen molar-refractivity contribution in [3.8, 4) is 0 Å². The third-order valence-corrected chi connectivity index (χ3v) is 3.26. The fraction of sp³-hybridized carbons (Fsp3) is 0.533. The normalized spacial score (nSPS) is 21.7. The first-order chi connectivity index (χ1) is 9.43. The lowest BCUT2D eigenvalue weighted by molar-refractivity contribution is -0.133. The molecule has 0 aromatic rings. The molecule has 1 saturated carbocycles. The topological polar surface area (TPSA) is 80.6 Å². The van der Waals surface area contributed by atoms with E-state index in [4.69, 9.17) is 0 Å². The number of rotatable bonds is 2. The highest BCUT2D eigenvalue weighted by Crippen LogP contribution is 2.20. The van der Waals surface area contributed by atoms with Crippen LogP contribution in [0.5, 0.6) is 0 Å². The first-order valence-corrected chi connectivity index (χ1v) is 6.73. The SMILES string of the molecule is CC(=O)C1=NC=CCC1=O.CC(=O)C1CCCCC1=O. The molecule has 0 amide bonds. The summed E-state index contributed by atoms with van der Waals surface area (Å²) in [6, 6.07) is 0. The van der Waals surface area contributed by atoms with Crippen molar-refractivity contribution in [2.24, 2.45) is 10.9 Å². The molecular weight excluding hydrogens is 258 g/mol. The Balaban J connectivity index is 0.000000200. The van der Waals surface area contributed by atoms with Gasteiger partial charge in [-0.3, -0.25) is 19.2 Å². The second kappa shape index (κ2) is 7.62. The largest absolute Gasteiger partial charge is 0.299 e. The molecule has 0 aromatic carbocycles. The molecule has 5 nitrogen and oxygen atoms in total. The van der Waals surface area contributed by atoms with Gasteiger partial charge in [0.15, 0.2) is 11.6 Å². The van der Waals surface area contributed by atoms with E-state index in [1.54, 1.807) is 6.08 Å². The Morgan fingerprint density at radius 2 is 1.90 bits per heavy atom. The highest BCUT2D eigenvalue weighted by molar-refractivity contribution is 6.66. The number of nitrogens with zero attached hydrogens (tertiary/aromatic N) is 1. The molecule has 0 radical (unpaired) electrons. The second-order valence-corrected chi connectivity index (χ2v) is 4.92. The molecule has 5 heteroatoms. The van der Waals surface area contributed by atoms with E-state index in [2.05, 4.69) is 4.99 Å². The van der Waals surface area contributed by atoms with Crippen molar-refractivity contribution in [3.63, 3.8) is 0 Å². The number of allylic oxidation sites excluding steroid dienone is 1. The molecule has 1 heterocycles. The summed E-state index contributed by atoms with van der Waals surface area (Å²) >= 11 is 0. The van der Waals surface area contributed by atoms with Crippen LogP contribution >= 0.6 is 0 Å². The lowest BCUT2D eigenvalue weighted by Crippen LogP contribution is -2.24. The predicted octanol–water partition coefficient (Wildman–Crippen LogP) is 1.84. The molecule has 2 aliphatic rings. The van der Waals surface area contributed by atoms with Crippen LogP contribution in [0.15, 0.2) is 17.3 Å². The van der Waals surface area contributed by atoms with Crippen LogP contribution in [0.25, 0.3) is 0 Å². The number of ketones is 4. The Labute approximate surface area is 118 Å². The Kier molecular flexibility index (Phi) is 6.15. The number of hydrogen-bond acceptors (Lipinski definition) is 5. The van der Waals surface area contributed by atoms with E-state index in [1.165, 1.54) is 20.0 Å². The Hall–Kier alpha value is -1.91. The highest BCUT2D eigenvalue weighted by Gasteiger charge is 2.25. The van der Waals surface area contributed by atoms with Gasteiger partial charge < -0.3 is 0 Å². The molecule has 2 rings (SSSR count). The fourth-order valence-corrected chi connectivity index (χ4v) is 2.16. The zero-order valence-electron chi connectivity index (χ0n) is 11.8. The van der Waals surface area contributed by atoms with E-state index < -0.39 is 0 Å². The van der Waals surface area contributed by atoms with Crippen LogP contribution in [0.1, 0.15) is 46.0 Å². The van der Waals surface area contributed by atoms with Gasteiger partial charge in [0, 0.05) is 26.0 Å². The number of carbonyl (C=O) groups is 4. The minimum Gasteiger partial charge on any atom is -0.299 e. The standard InChI is InChI=1S/C8H12O2.C7H7NO2/c1-6(9)7-4-2-3-5-8(7)10;1-5(9)7-6(10)3-2-4-8-7/h7H,2-5H2,1H3;2,4H,3H2,1H3. The Morgan fingerprint density at radius 1 is 1.20 bits per heavy atom. The van der Waals surface area contributed by atoms with Gasteiger partial charge in [0.05, 0.1) is 5.92 Å². The molecule has 1 aliphatic heterocycles. The smallest absolute Gasteiger partial charge is 0.188 e. The van der Waals surface area contributed by atoms with Crippen LogP contribution in [0.2, 0.25) is 0 Å². The van der Waals surface area contributed by atoms with Crippen LogP contribution in [-0.2, 0) is 19.2 Å². The van der Waals surface area contributed by atoms with E-state index in [1.807, 2.05) is 0 Å². The monoisotopic (exact) mass is 277 g/mol. The van der Waals surface area contributed by atoms with Crippen LogP contribution in [0, 0.1) is 5.92 Å². The zero-order valence-corrected chi connectivity index (χ0v) is 11.8. The molecule has 20 heavy (non-hydrogen) atoms. The number of Topliss-reactive ketones (excluding diaryl/α,β-unsaturated/α-hetero) is 4. The molecule has 0 aromatic heterocycles. The van der Waals surface area contributed by atoms with Crippen molar-refractivity contribution < 1.29 is 19.2 Å². The molecule has 0 spiro atoms. The van der Waals surface area contributed by atoms with E-state index in [0.29, 0.717) is 12.8 Å². The van der Waals surface area contributed by atoms with Gasteiger partial charge in [0.1, 0.15) is 17.3 Å². The van der Waals surface area contributed by atoms with Gasteiger partial charge in [-0.1, -0.05) is 12.5 Å². The van der Waals surface area contributed by atoms with Crippen molar-refractivity contribution >= 4 is 28.8 Å². The minimum absolute atomic E-state index is 0.0460. The van der Waals surface area contributed by atoms with Gasteiger partial charge in [-0.2, -0.15) is 0 Å². The average molecular weight is 277 g/mol. The van der Waals surface area contributed by atoms with Gasteiger partial charge >= 0.3 is 0 Å². The summed E-state index contributed by atoms with van der Waals surface area (Å²) in [6.45, 7) is 2.85. The lowest BCUT2D eigenvalue weighted by Gasteiger charge is -2.16. The van der Waals surface area contributed by atoms with Crippen LogP contribution in [-0.4, -0.2) is 28.8 Å². The maximum absolute atomic E-state index is 11.0. The summed E-state index contributed by atoms with van der Waals surface area (Å²) in [7, 11) is 0. The quantitative estimate of drug-likeness (QED) is 0.721. The van der Waals surface area contributed by atoms with E-state index in [-0.39, 0.29) is 34.8 Å². The highest BCUT2D eigenvalue weighted by atomic mass is 16.2. The van der Waals surface area contributed by atoms with E-state index in [0.717, 1.165) is 19.3 Å². The average Bonchev–Trinajstić information content (AvgIpc) is 2.40. The summed E-state index contributed by atoms with van der Waals surface area (Å²) in [5, 5.41) is 0. The van der Waals surface area contributed by atoms with Gasteiger partial charge in [0.25, 0.3) is 0 Å². The molecule has 1 unspecified atom stereocenters. The third-order valence-electron chi connectivity index (χ3n) is 3.26. The van der Waals surface area contributed by atoms with Crippen molar-refractivity contribution in [1.29, 1.82) is 0 Å². The van der Waals surface area contributed by atoms with Crippen molar-refractivity contribution in [1.82, 2.24) is 0 Å². The third kappa shape index (κ3) is 4.64. The maximum Gasteiger partial charge on any atom is 0.188 e. The first-order valence-electron chi connectivity index (χ1n) is 6.73. The summed E-state index contributed by atoms with van der Waals surface area (Å²) in [4.78, 5) is 46.9. The molecule has 1 aliphatic carbocycles. The maximum atomic E-state index is 11.0. The van der Waals surface area contributed by atoms with Crippen LogP contribution in [0.4, 0.5) is 0 Å². The van der Waals surface area contributed by atoms with Gasteiger partial charge in [-0.25, -0.2) is 4.99 Å². The van der Waals surface area contributed by atoms with E-state index in [9.17, 15) is 19.2 Å². The first kappa shape index (κ1) is 16.1. The number of hydrogen-bond donors (Lipinski definition) is 0. The predicted molar refractivity (Wildman–Crippen MR) is 74.5 cm³/mol. The molecule has 108 valence electrons. The molecule has 1 fully saturated rings. The van der Waals surface area contributed by atoms with Gasteiger partial charge in [-0.15, -0.1) is 0 Å². The summed E-state index contributed by atoms with van der Waals surface area (Å²) in [5.41, 5.74) is 0.0718. The Bertz CT molecular complexity index is 488. The van der Waals surface area contributed by atoms with Crippen LogP contribution < -0.4 is 0 Å². The summed E-state index contributed by atoms with van der Waals surface area (Å²) in [6.07, 6.45) is 6.84.